The van der Waals surface area contributed by atoms with Crippen molar-refractivity contribution in [1.82, 2.24) is 5.32 Å². The molecule has 1 atom stereocenters. The number of nitrogens with one attached hydrogen (secondary N) is 1. The number of benzene rings is 1. The number of halogens is 1. The van der Waals surface area contributed by atoms with E-state index >= 15 is 0 Å². The Morgan fingerprint density at radius 3 is 2.64 bits per heavy atom. The molecule has 78 valence electrons. The zero-order valence-corrected chi connectivity index (χ0v) is 9.10. The van der Waals surface area contributed by atoms with Crippen molar-refractivity contribution in [3.8, 4) is 0 Å². The third kappa shape index (κ3) is 2.55. The summed E-state index contributed by atoms with van der Waals surface area (Å²) >= 11 is 0. The molecule has 0 saturated heterocycles. The molecule has 0 heterocycles. The van der Waals surface area contributed by atoms with Crippen LogP contribution in [0.2, 0.25) is 0 Å². The molecule has 0 aliphatic heterocycles. The van der Waals surface area contributed by atoms with E-state index in [2.05, 4.69) is 12.2 Å². The lowest BCUT2D eigenvalue weighted by atomic mass is 10.0. The third-order valence-corrected chi connectivity index (χ3v) is 2.46. The van der Waals surface area contributed by atoms with Gasteiger partial charge < -0.3 is 5.32 Å². The molecule has 0 aliphatic rings. The highest BCUT2D eigenvalue weighted by Gasteiger charge is 2.12. The van der Waals surface area contributed by atoms with E-state index in [0.717, 1.165) is 24.0 Å². The highest BCUT2D eigenvalue weighted by molar-refractivity contribution is 5.26. The van der Waals surface area contributed by atoms with Crippen LogP contribution in [0.3, 0.4) is 0 Å². The zero-order valence-electron chi connectivity index (χ0n) is 9.10. The maximum atomic E-state index is 13.6. The summed E-state index contributed by atoms with van der Waals surface area (Å²) in [6.45, 7) is 4.01. The molecule has 0 fully saturated rings. The van der Waals surface area contributed by atoms with Gasteiger partial charge in [-0.25, -0.2) is 4.39 Å². The second kappa shape index (κ2) is 5.11. The zero-order chi connectivity index (χ0) is 10.6. The lowest BCUT2D eigenvalue weighted by Gasteiger charge is -2.16. The number of hydrogen-bond acceptors (Lipinski definition) is 1. The van der Waals surface area contributed by atoms with Crippen LogP contribution < -0.4 is 5.32 Å². The Morgan fingerprint density at radius 2 is 2.14 bits per heavy atom. The number of rotatable bonds is 4. The molecule has 0 saturated carbocycles. The fourth-order valence-electron chi connectivity index (χ4n) is 1.66. The van der Waals surface area contributed by atoms with Gasteiger partial charge in [0, 0.05) is 11.6 Å². The topological polar surface area (TPSA) is 12.0 Å². The summed E-state index contributed by atoms with van der Waals surface area (Å²) in [7, 11) is 1.87. The minimum absolute atomic E-state index is 0.0993. The van der Waals surface area contributed by atoms with Gasteiger partial charge in [-0.05, 0) is 32.0 Å². The van der Waals surface area contributed by atoms with Gasteiger partial charge in [-0.3, -0.25) is 0 Å². The largest absolute Gasteiger partial charge is 0.313 e. The van der Waals surface area contributed by atoms with Gasteiger partial charge in [0.15, 0.2) is 0 Å². The highest BCUT2D eigenvalue weighted by atomic mass is 19.1. The lowest BCUT2D eigenvalue weighted by molar-refractivity contribution is 0.503. The van der Waals surface area contributed by atoms with Crippen LogP contribution in [-0.2, 0) is 0 Å². The van der Waals surface area contributed by atoms with Gasteiger partial charge in [-0.2, -0.15) is 0 Å². The summed E-state index contributed by atoms with van der Waals surface area (Å²) in [5.41, 5.74) is 1.75. The van der Waals surface area contributed by atoms with Gasteiger partial charge in [-0.1, -0.05) is 25.5 Å². The average molecular weight is 195 g/mol. The summed E-state index contributed by atoms with van der Waals surface area (Å²) in [5.74, 6) is -0.0993. The molecule has 0 bridgehead atoms. The molecular formula is C12H18FN. The van der Waals surface area contributed by atoms with E-state index in [1.54, 1.807) is 6.07 Å². The summed E-state index contributed by atoms with van der Waals surface area (Å²) in [6.07, 6.45) is 2.02. The molecule has 14 heavy (non-hydrogen) atoms. The maximum Gasteiger partial charge on any atom is 0.128 e. The maximum absolute atomic E-state index is 13.6. The monoisotopic (exact) mass is 195 g/mol. The van der Waals surface area contributed by atoms with Gasteiger partial charge in [-0.15, -0.1) is 0 Å². The molecule has 0 amide bonds. The van der Waals surface area contributed by atoms with Crippen LogP contribution in [0.15, 0.2) is 18.2 Å². The van der Waals surface area contributed by atoms with Gasteiger partial charge in [0.25, 0.3) is 0 Å². The molecule has 1 unspecified atom stereocenters. The van der Waals surface area contributed by atoms with Crippen molar-refractivity contribution in [3.63, 3.8) is 0 Å². The van der Waals surface area contributed by atoms with Crippen LogP contribution in [0.5, 0.6) is 0 Å². The molecule has 0 aliphatic carbocycles. The first-order valence-electron chi connectivity index (χ1n) is 5.12. The Bertz CT molecular complexity index is 296. The normalized spacial score (nSPS) is 12.9. The Morgan fingerprint density at radius 1 is 1.43 bits per heavy atom. The van der Waals surface area contributed by atoms with Gasteiger partial charge in [0.2, 0.25) is 0 Å². The van der Waals surface area contributed by atoms with E-state index < -0.39 is 0 Å². The summed E-state index contributed by atoms with van der Waals surface area (Å²) in [6, 6.07) is 5.57. The standard InChI is InChI=1S/C12H18FN/c1-4-5-12(14-3)10-7-6-9(2)8-11(10)13/h6-8,12,14H,4-5H2,1-3H3. The Balaban J connectivity index is 2.92. The summed E-state index contributed by atoms with van der Waals surface area (Å²) in [5, 5.41) is 3.14. The minimum Gasteiger partial charge on any atom is -0.313 e. The first-order chi connectivity index (χ1) is 6.69. The molecular weight excluding hydrogens is 177 g/mol. The number of aryl methyl sites for hydroxylation is 1. The molecule has 1 aromatic carbocycles. The van der Waals surface area contributed by atoms with Crippen LogP contribution in [0, 0.1) is 12.7 Å². The van der Waals surface area contributed by atoms with Gasteiger partial charge >= 0.3 is 0 Å². The van der Waals surface area contributed by atoms with Crippen molar-refractivity contribution in [2.75, 3.05) is 7.05 Å². The molecule has 0 spiro atoms. The van der Waals surface area contributed by atoms with Gasteiger partial charge in [0.05, 0.1) is 0 Å². The number of hydrogen-bond donors (Lipinski definition) is 1. The molecule has 1 rings (SSSR count). The van der Waals surface area contributed by atoms with Crippen LogP contribution in [0.4, 0.5) is 4.39 Å². The van der Waals surface area contributed by atoms with Crippen molar-refractivity contribution in [2.24, 2.45) is 0 Å². The molecule has 1 nitrogen and oxygen atoms in total. The van der Waals surface area contributed by atoms with E-state index in [0.29, 0.717) is 0 Å². The molecule has 2 heteroatoms. The van der Waals surface area contributed by atoms with E-state index in [1.807, 2.05) is 26.1 Å². The van der Waals surface area contributed by atoms with E-state index in [-0.39, 0.29) is 11.9 Å². The predicted molar refractivity (Wildman–Crippen MR) is 57.8 cm³/mol. The van der Waals surface area contributed by atoms with E-state index in [9.17, 15) is 4.39 Å². The first kappa shape index (κ1) is 11.2. The Kier molecular flexibility index (Phi) is 4.08. The molecule has 1 N–H and O–H groups in total. The van der Waals surface area contributed by atoms with E-state index in [1.165, 1.54) is 0 Å². The quantitative estimate of drug-likeness (QED) is 0.778. The molecule has 0 radical (unpaired) electrons. The smallest absolute Gasteiger partial charge is 0.128 e. The summed E-state index contributed by atoms with van der Waals surface area (Å²) < 4.78 is 13.6. The highest BCUT2D eigenvalue weighted by Crippen LogP contribution is 2.21. The van der Waals surface area contributed by atoms with Crippen molar-refractivity contribution >= 4 is 0 Å². The average Bonchev–Trinajstić information content (AvgIpc) is 2.15. The van der Waals surface area contributed by atoms with Crippen molar-refractivity contribution in [3.05, 3.63) is 35.1 Å². The predicted octanol–water partition coefficient (Wildman–Crippen LogP) is 3.19. The van der Waals surface area contributed by atoms with Gasteiger partial charge in [0.1, 0.15) is 5.82 Å². The van der Waals surface area contributed by atoms with Crippen LogP contribution in [0.25, 0.3) is 0 Å². The minimum atomic E-state index is -0.0993. The second-order valence-electron chi connectivity index (χ2n) is 3.65. The Labute approximate surface area is 85.3 Å². The van der Waals surface area contributed by atoms with E-state index in [4.69, 9.17) is 0 Å². The summed E-state index contributed by atoms with van der Waals surface area (Å²) in [4.78, 5) is 0. The SMILES string of the molecule is CCCC(NC)c1ccc(C)cc1F. The Hall–Kier alpha value is -0.890. The van der Waals surface area contributed by atoms with Crippen LogP contribution >= 0.6 is 0 Å². The van der Waals surface area contributed by atoms with Crippen LogP contribution in [-0.4, -0.2) is 7.05 Å². The fraction of sp³-hybridized carbons (Fsp3) is 0.500. The van der Waals surface area contributed by atoms with Crippen molar-refractivity contribution in [1.29, 1.82) is 0 Å². The lowest BCUT2D eigenvalue weighted by Crippen LogP contribution is -2.17. The molecule has 0 aromatic heterocycles. The second-order valence-corrected chi connectivity index (χ2v) is 3.65. The fourth-order valence-corrected chi connectivity index (χ4v) is 1.66. The van der Waals surface area contributed by atoms with Crippen molar-refractivity contribution in [2.45, 2.75) is 32.7 Å². The van der Waals surface area contributed by atoms with Crippen LogP contribution in [0.1, 0.15) is 36.9 Å². The van der Waals surface area contributed by atoms with Crippen molar-refractivity contribution < 1.29 is 4.39 Å². The first-order valence-corrected chi connectivity index (χ1v) is 5.12. The molecule has 1 aromatic rings. The third-order valence-electron chi connectivity index (χ3n) is 2.46.